The van der Waals surface area contributed by atoms with Crippen molar-refractivity contribution in [1.29, 1.82) is 0 Å². The molecule has 3 N–H and O–H groups in total. The van der Waals surface area contributed by atoms with Gasteiger partial charge < -0.3 is 14.8 Å². The summed E-state index contributed by atoms with van der Waals surface area (Å²) in [6, 6.07) is 6.73. The third-order valence-electron chi connectivity index (χ3n) is 2.98. The molecule has 0 aliphatic rings. The molecule has 0 aromatic heterocycles. The maximum Gasteiger partial charge on any atom is 0.321 e. The summed E-state index contributed by atoms with van der Waals surface area (Å²) in [5.41, 5.74) is 0. The van der Waals surface area contributed by atoms with E-state index < -0.39 is 24.5 Å². The van der Waals surface area contributed by atoms with E-state index >= 15 is 0 Å². The fourth-order valence-electron chi connectivity index (χ4n) is 1.82. The second kappa shape index (κ2) is 7.61. The van der Waals surface area contributed by atoms with E-state index in [1.807, 2.05) is 0 Å². The van der Waals surface area contributed by atoms with Crippen molar-refractivity contribution in [2.75, 3.05) is 7.05 Å². The molecule has 1 rings (SSSR count). The van der Waals surface area contributed by atoms with Gasteiger partial charge in [0.25, 0.3) is 6.49 Å². The molecule has 0 bridgehead atoms. The van der Waals surface area contributed by atoms with Gasteiger partial charge in [0, 0.05) is 11.7 Å². The molecule has 7 nitrogen and oxygen atoms in total. The molecule has 0 saturated heterocycles. The van der Waals surface area contributed by atoms with Gasteiger partial charge in [0.15, 0.2) is 0 Å². The van der Waals surface area contributed by atoms with Gasteiger partial charge >= 0.3 is 11.9 Å². The number of carbonyl (C=O) groups is 2. The minimum Gasteiger partial charge on any atom is -0.481 e. The predicted molar refractivity (Wildman–Crippen MR) is 80.0 cm³/mol. The third-order valence-corrected chi connectivity index (χ3v) is 7.33. The van der Waals surface area contributed by atoms with E-state index in [0.717, 1.165) is 4.67 Å². The molecule has 2 unspecified atom stereocenters. The van der Waals surface area contributed by atoms with Crippen LogP contribution in [0.4, 0.5) is 0 Å². The van der Waals surface area contributed by atoms with Crippen LogP contribution in [0.1, 0.15) is 12.8 Å². The number of carboxylic acids is 2. The fourth-order valence-corrected chi connectivity index (χ4v) is 4.86. The van der Waals surface area contributed by atoms with E-state index in [-0.39, 0.29) is 24.5 Å². The van der Waals surface area contributed by atoms with Crippen LogP contribution >= 0.6 is 18.2 Å². The van der Waals surface area contributed by atoms with Crippen LogP contribution in [0.3, 0.4) is 0 Å². The van der Waals surface area contributed by atoms with Crippen molar-refractivity contribution in [2.24, 2.45) is 0 Å². The lowest BCUT2D eigenvalue weighted by molar-refractivity contribution is -0.142. The van der Waals surface area contributed by atoms with E-state index in [9.17, 15) is 23.8 Å². The molecule has 9 heteroatoms. The summed E-state index contributed by atoms with van der Waals surface area (Å²) in [5, 5.41) is 18.2. The van der Waals surface area contributed by atoms with Crippen molar-refractivity contribution >= 4 is 35.4 Å². The number of aliphatic carboxylic acids is 2. The van der Waals surface area contributed by atoms with Crippen molar-refractivity contribution in [3.8, 4) is 0 Å². The Morgan fingerprint density at radius 3 is 2.29 bits per heavy atom. The van der Waals surface area contributed by atoms with Crippen LogP contribution < -0.4 is 5.30 Å². The fraction of sp³-hybridized carbons (Fsp3) is 0.333. The molecule has 0 radical (unpaired) electrons. The third kappa shape index (κ3) is 4.31. The lowest BCUT2D eigenvalue weighted by Crippen LogP contribution is -2.38. The zero-order valence-corrected chi connectivity index (χ0v) is 13.0. The van der Waals surface area contributed by atoms with Gasteiger partial charge in [-0.2, -0.15) is 0 Å². The summed E-state index contributed by atoms with van der Waals surface area (Å²) < 4.78 is 23.4. The summed E-state index contributed by atoms with van der Waals surface area (Å²) in [4.78, 5) is 21.9. The Bertz CT molecular complexity index is 552. The molecule has 0 spiro atoms. The molecule has 0 saturated carbocycles. The average molecular weight is 333 g/mol. The second-order valence-electron chi connectivity index (χ2n) is 4.30. The van der Waals surface area contributed by atoms with Gasteiger partial charge in [-0.3, -0.25) is 14.2 Å². The zero-order chi connectivity index (χ0) is 16.0. The zero-order valence-electron chi connectivity index (χ0n) is 11.2. The average Bonchev–Trinajstić information content (AvgIpc) is 2.46. The Morgan fingerprint density at radius 2 is 1.86 bits per heavy atom. The van der Waals surface area contributed by atoms with Crippen molar-refractivity contribution in [1.82, 2.24) is 4.67 Å². The van der Waals surface area contributed by atoms with Gasteiger partial charge in [-0.15, -0.1) is 0 Å². The maximum atomic E-state index is 12.9. The van der Waals surface area contributed by atoms with Crippen LogP contribution in [0.25, 0.3) is 0 Å². The summed E-state index contributed by atoms with van der Waals surface area (Å²) in [6.07, 6.45) is -0.579. The molecular weight excluding hydrogens is 317 g/mol. The largest absolute Gasteiger partial charge is 0.481 e. The van der Waals surface area contributed by atoms with Crippen molar-refractivity contribution < 1.29 is 28.9 Å². The Morgan fingerprint density at radius 1 is 1.29 bits per heavy atom. The molecular formula is C12H16NO6PS. The summed E-state index contributed by atoms with van der Waals surface area (Å²) in [5.74, 6) is -2.43. The number of carboxylic acid groups (broad SMARTS) is 2. The number of hydrogen-bond acceptors (Lipinski definition) is 5. The van der Waals surface area contributed by atoms with Crippen LogP contribution in [0, 0.1) is 0 Å². The van der Waals surface area contributed by atoms with E-state index in [1.54, 1.807) is 18.2 Å². The highest BCUT2D eigenvalue weighted by Crippen LogP contribution is 2.59. The second-order valence-corrected chi connectivity index (χ2v) is 8.62. The maximum absolute atomic E-state index is 12.9. The van der Waals surface area contributed by atoms with E-state index in [0.29, 0.717) is 5.30 Å². The van der Waals surface area contributed by atoms with Gasteiger partial charge in [0.2, 0.25) is 0 Å². The first-order valence-corrected chi connectivity index (χ1v) is 9.03. The Labute approximate surface area is 126 Å². The molecule has 2 atom stereocenters. The quantitative estimate of drug-likeness (QED) is 0.488. The summed E-state index contributed by atoms with van der Waals surface area (Å²) >= 11 is 0.0841. The lowest BCUT2D eigenvalue weighted by atomic mass is 10.1. The molecule has 0 aliphatic heterocycles. The standard InChI is InChI=1S/C12H16NO6PS/c1-13(10(12(16)17)7-8-11(14)15)20(18,21-19)9-5-3-2-4-6-9/h2-6,10,19H,7-8H2,1H3,(H,14,15)(H,16,17). The molecule has 0 amide bonds. The van der Waals surface area contributed by atoms with Crippen LogP contribution in [0.2, 0.25) is 0 Å². The molecule has 0 heterocycles. The first-order chi connectivity index (χ1) is 9.82. The van der Waals surface area contributed by atoms with Gasteiger partial charge in [-0.1, -0.05) is 18.2 Å². The highest BCUT2D eigenvalue weighted by atomic mass is 32.7. The van der Waals surface area contributed by atoms with Gasteiger partial charge in [-0.25, -0.2) is 4.67 Å². The van der Waals surface area contributed by atoms with Crippen LogP contribution in [0.5, 0.6) is 0 Å². The van der Waals surface area contributed by atoms with Gasteiger partial charge in [0.05, 0.1) is 11.7 Å². The predicted octanol–water partition coefficient (Wildman–Crippen LogP) is 1.96. The van der Waals surface area contributed by atoms with Crippen molar-refractivity contribution in [3.05, 3.63) is 30.3 Å². The molecule has 0 aliphatic carbocycles. The van der Waals surface area contributed by atoms with Gasteiger partial charge in [0.1, 0.15) is 6.04 Å². The van der Waals surface area contributed by atoms with Crippen LogP contribution in [-0.4, -0.2) is 44.5 Å². The topological polar surface area (TPSA) is 115 Å². The Kier molecular flexibility index (Phi) is 6.42. The van der Waals surface area contributed by atoms with Crippen LogP contribution in [0.15, 0.2) is 30.3 Å². The minimum absolute atomic E-state index is 0.0841. The SMILES string of the molecule is CN(C(CCC(=O)O)C(=O)O)P(=O)(SO)c1ccccc1. The molecule has 1 aromatic rings. The van der Waals surface area contributed by atoms with E-state index in [1.165, 1.54) is 19.2 Å². The number of rotatable bonds is 8. The monoisotopic (exact) mass is 333 g/mol. The highest BCUT2D eigenvalue weighted by Gasteiger charge is 2.38. The first kappa shape index (κ1) is 17.7. The van der Waals surface area contributed by atoms with E-state index in [2.05, 4.69) is 0 Å². The van der Waals surface area contributed by atoms with Crippen molar-refractivity contribution in [2.45, 2.75) is 18.9 Å². The number of hydrogen-bond donors (Lipinski definition) is 3. The summed E-state index contributed by atoms with van der Waals surface area (Å²) in [7, 11) is 1.30. The molecule has 21 heavy (non-hydrogen) atoms. The number of likely N-dealkylation sites (N-methyl/N-ethyl adjacent to an activating group) is 1. The molecule has 0 fully saturated rings. The first-order valence-electron chi connectivity index (χ1n) is 5.99. The van der Waals surface area contributed by atoms with Gasteiger partial charge in [-0.05, 0) is 25.6 Å². The normalized spacial score (nSPS) is 15.4. The lowest BCUT2D eigenvalue weighted by Gasteiger charge is -2.30. The summed E-state index contributed by atoms with van der Waals surface area (Å²) in [6.45, 7) is -3.58. The number of nitrogens with zero attached hydrogens (tertiary/aromatic N) is 1. The highest BCUT2D eigenvalue weighted by molar-refractivity contribution is 8.56. The molecule has 116 valence electrons. The van der Waals surface area contributed by atoms with Crippen LogP contribution in [-0.2, 0) is 14.2 Å². The van der Waals surface area contributed by atoms with Crippen molar-refractivity contribution in [3.63, 3.8) is 0 Å². The Balaban J connectivity index is 3.09. The molecule has 1 aromatic carbocycles. The van der Waals surface area contributed by atoms with E-state index in [4.69, 9.17) is 5.11 Å². The minimum atomic E-state index is -3.58. The number of benzene rings is 1. The smallest absolute Gasteiger partial charge is 0.321 e. The Hall–Kier alpha value is -1.34.